The number of aliphatic hydroxyl groups is 1. The lowest BCUT2D eigenvalue weighted by molar-refractivity contribution is -0.384. The standard InChI is InChI=1S/C13H21N3O3/c1-2-3-4-7-14-13-10-11(16(18)19)5-6-12(13)15-8-9-17/h5-6,10,14-15,17H,2-4,7-9H2,1H3. The van der Waals surface area contributed by atoms with Crippen LogP contribution in [0.1, 0.15) is 26.2 Å². The first-order valence-corrected chi connectivity index (χ1v) is 6.56. The fourth-order valence-electron chi connectivity index (χ4n) is 1.73. The second-order valence-corrected chi connectivity index (χ2v) is 4.27. The zero-order valence-electron chi connectivity index (χ0n) is 11.2. The minimum atomic E-state index is -0.410. The zero-order valence-corrected chi connectivity index (χ0v) is 11.2. The van der Waals surface area contributed by atoms with E-state index in [4.69, 9.17) is 5.11 Å². The number of nitrogens with one attached hydrogen (secondary N) is 2. The normalized spacial score (nSPS) is 10.2. The van der Waals surface area contributed by atoms with Crippen molar-refractivity contribution >= 4 is 17.1 Å². The number of benzene rings is 1. The highest BCUT2D eigenvalue weighted by Crippen LogP contribution is 2.27. The SMILES string of the molecule is CCCCCNc1cc([N+](=O)[O-])ccc1NCCO. The molecule has 0 aliphatic heterocycles. The third kappa shape index (κ3) is 5.13. The summed E-state index contributed by atoms with van der Waals surface area (Å²) in [6.45, 7) is 3.35. The van der Waals surface area contributed by atoms with Gasteiger partial charge in [-0.1, -0.05) is 19.8 Å². The van der Waals surface area contributed by atoms with E-state index in [1.165, 1.54) is 12.1 Å². The molecule has 0 saturated heterocycles. The molecule has 6 nitrogen and oxygen atoms in total. The van der Waals surface area contributed by atoms with Crippen LogP contribution in [-0.4, -0.2) is 29.7 Å². The molecule has 1 aromatic carbocycles. The molecule has 0 radical (unpaired) electrons. The number of nitro groups is 1. The van der Waals surface area contributed by atoms with E-state index in [2.05, 4.69) is 17.6 Å². The minimum Gasteiger partial charge on any atom is -0.395 e. The third-order valence-electron chi connectivity index (χ3n) is 2.74. The lowest BCUT2D eigenvalue weighted by Crippen LogP contribution is -2.10. The van der Waals surface area contributed by atoms with Gasteiger partial charge >= 0.3 is 0 Å². The van der Waals surface area contributed by atoms with Crippen molar-refractivity contribution in [1.82, 2.24) is 0 Å². The Morgan fingerprint density at radius 3 is 2.58 bits per heavy atom. The van der Waals surface area contributed by atoms with Crippen LogP contribution in [0.5, 0.6) is 0 Å². The maximum absolute atomic E-state index is 10.8. The zero-order chi connectivity index (χ0) is 14.1. The highest BCUT2D eigenvalue weighted by atomic mass is 16.6. The Kier molecular flexibility index (Phi) is 6.67. The van der Waals surface area contributed by atoms with E-state index in [9.17, 15) is 10.1 Å². The van der Waals surface area contributed by atoms with Crippen LogP contribution in [0.15, 0.2) is 18.2 Å². The number of nitrogens with zero attached hydrogens (tertiary/aromatic N) is 1. The Hall–Kier alpha value is -1.82. The Bertz CT molecular complexity index is 410. The van der Waals surface area contributed by atoms with Gasteiger partial charge in [-0.3, -0.25) is 10.1 Å². The summed E-state index contributed by atoms with van der Waals surface area (Å²) < 4.78 is 0. The molecular formula is C13H21N3O3. The van der Waals surface area contributed by atoms with Crippen LogP contribution in [0.4, 0.5) is 17.1 Å². The largest absolute Gasteiger partial charge is 0.395 e. The molecule has 0 aliphatic carbocycles. The van der Waals surface area contributed by atoms with Gasteiger partial charge in [0.1, 0.15) is 0 Å². The molecule has 0 spiro atoms. The molecule has 1 rings (SSSR count). The first-order chi connectivity index (χ1) is 9.19. The topological polar surface area (TPSA) is 87.4 Å². The number of non-ortho nitro benzene ring substituents is 1. The second-order valence-electron chi connectivity index (χ2n) is 4.27. The summed E-state index contributed by atoms with van der Waals surface area (Å²) in [6, 6.07) is 4.64. The summed E-state index contributed by atoms with van der Waals surface area (Å²) in [5.41, 5.74) is 1.54. The van der Waals surface area contributed by atoms with Gasteiger partial charge in [-0.15, -0.1) is 0 Å². The van der Waals surface area contributed by atoms with Gasteiger partial charge in [-0.2, -0.15) is 0 Å². The van der Waals surface area contributed by atoms with Crippen LogP contribution in [0.25, 0.3) is 0 Å². The summed E-state index contributed by atoms with van der Waals surface area (Å²) in [6.07, 6.45) is 3.28. The van der Waals surface area contributed by atoms with E-state index < -0.39 is 4.92 Å². The van der Waals surface area contributed by atoms with E-state index >= 15 is 0 Å². The minimum absolute atomic E-state index is 0.0201. The first kappa shape index (κ1) is 15.2. The Morgan fingerprint density at radius 2 is 1.95 bits per heavy atom. The summed E-state index contributed by atoms with van der Waals surface area (Å²) in [5.74, 6) is 0. The van der Waals surface area contributed by atoms with Crippen molar-refractivity contribution in [3.63, 3.8) is 0 Å². The lowest BCUT2D eigenvalue weighted by Gasteiger charge is -2.13. The number of unbranched alkanes of at least 4 members (excludes halogenated alkanes) is 2. The molecule has 0 heterocycles. The molecule has 0 atom stereocenters. The fraction of sp³-hybridized carbons (Fsp3) is 0.538. The maximum Gasteiger partial charge on any atom is 0.271 e. The number of anilines is 2. The Morgan fingerprint density at radius 1 is 1.21 bits per heavy atom. The number of rotatable bonds is 9. The van der Waals surface area contributed by atoms with Gasteiger partial charge in [0.15, 0.2) is 0 Å². The van der Waals surface area contributed by atoms with Crippen molar-refractivity contribution in [2.24, 2.45) is 0 Å². The van der Waals surface area contributed by atoms with Gasteiger partial charge in [-0.05, 0) is 12.5 Å². The summed E-state index contributed by atoms with van der Waals surface area (Å²) in [7, 11) is 0. The summed E-state index contributed by atoms with van der Waals surface area (Å²) in [5, 5.41) is 25.8. The van der Waals surface area contributed by atoms with Crippen LogP contribution in [0, 0.1) is 10.1 Å². The van der Waals surface area contributed by atoms with Gasteiger partial charge in [0.2, 0.25) is 0 Å². The van der Waals surface area contributed by atoms with Crippen LogP contribution < -0.4 is 10.6 Å². The second kappa shape index (κ2) is 8.31. The monoisotopic (exact) mass is 267 g/mol. The fourth-order valence-corrected chi connectivity index (χ4v) is 1.73. The first-order valence-electron chi connectivity index (χ1n) is 6.56. The van der Waals surface area contributed by atoms with Crippen LogP contribution in [-0.2, 0) is 0 Å². The highest BCUT2D eigenvalue weighted by Gasteiger charge is 2.10. The van der Waals surface area contributed by atoms with Gasteiger partial charge in [0.05, 0.1) is 22.9 Å². The predicted molar refractivity (Wildman–Crippen MR) is 76.7 cm³/mol. The summed E-state index contributed by atoms with van der Waals surface area (Å²) in [4.78, 5) is 10.4. The molecule has 0 fully saturated rings. The van der Waals surface area contributed by atoms with Crippen LogP contribution >= 0.6 is 0 Å². The molecule has 0 bridgehead atoms. The molecular weight excluding hydrogens is 246 g/mol. The van der Waals surface area contributed by atoms with E-state index in [1.54, 1.807) is 6.07 Å². The molecule has 0 saturated carbocycles. The molecule has 19 heavy (non-hydrogen) atoms. The number of hydrogen-bond donors (Lipinski definition) is 3. The highest BCUT2D eigenvalue weighted by molar-refractivity contribution is 5.71. The number of hydrogen-bond acceptors (Lipinski definition) is 5. The number of nitro benzene ring substituents is 1. The molecule has 0 amide bonds. The van der Waals surface area contributed by atoms with Gasteiger partial charge in [-0.25, -0.2) is 0 Å². The van der Waals surface area contributed by atoms with Crippen LogP contribution in [0.3, 0.4) is 0 Å². The van der Waals surface area contributed by atoms with Crippen molar-refractivity contribution in [3.8, 4) is 0 Å². The van der Waals surface area contributed by atoms with E-state index in [0.717, 1.165) is 31.5 Å². The lowest BCUT2D eigenvalue weighted by atomic mass is 10.2. The third-order valence-corrected chi connectivity index (χ3v) is 2.74. The average Bonchev–Trinajstić information content (AvgIpc) is 2.41. The van der Waals surface area contributed by atoms with Crippen molar-refractivity contribution in [2.45, 2.75) is 26.2 Å². The van der Waals surface area contributed by atoms with E-state index in [1.807, 2.05) is 0 Å². The Labute approximate surface area is 113 Å². The molecule has 3 N–H and O–H groups in total. The molecule has 0 unspecified atom stereocenters. The molecule has 0 aliphatic rings. The molecule has 0 aromatic heterocycles. The Balaban J connectivity index is 2.75. The predicted octanol–water partition coefficient (Wildman–Crippen LogP) is 2.60. The van der Waals surface area contributed by atoms with Gasteiger partial charge in [0, 0.05) is 25.2 Å². The molecule has 6 heteroatoms. The van der Waals surface area contributed by atoms with E-state index in [-0.39, 0.29) is 12.3 Å². The van der Waals surface area contributed by atoms with Crippen molar-refractivity contribution in [3.05, 3.63) is 28.3 Å². The van der Waals surface area contributed by atoms with Crippen LogP contribution in [0.2, 0.25) is 0 Å². The van der Waals surface area contributed by atoms with Gasteiger partial charge < -0.3 is 15.7 Å². The van der Waals surface area contributed by atoms with E-state index in [0.29, 0.717) is 12.2 Å². The molecule has 106 valence electrons. The number of aliphatic hydroxyl groups excluding tert-OH is 1. The maximum atomic E-state index is 10.8. The smallest absolute Gasteiger partial charge is 0.271 e. The van der Waals surface area contributed by atoms with Crippen molar-refractivity contribution < 1.29 is 10.0 Å². The molecule has 1 aromatic rings. The van der Waals surface area contributed by atoms with Gasteiger partial charge in [0.25, 0.3) is 5.69 Å². The summed E-state index contributed by atoms with van der Waals surface area (Å²) >= 11 is 0. The van der Waals surface area contributed by atoms with Crippen molar-refractivity contribution in [1.29, 1.82) is 0 Å². The quantitative estimate of drug-likeness (QED) is 0.363. The van der Waals surface area contributed by atoms with Crippen molar-refractivity contribution in [2.75, 3.05) is 30.3 Å². The average molecular weight is 267 g/mol.